The van der Waals surface area contributed by atoms with Gasteiger partial charge in [0.1, 0.15) is 0 Å². The van der Waals surface area contributed by atoms with Gasteiger partial charge in [-0.25, -0.2) is 0 Å². The summed E-state index contributed by atoms with van der Waals surface area (Å²) in [5, 5.41) is 10.9. The van der Waals surface area contributed by atoms with Gasteiger partial charge in [-0.2, -0.15) is 0 Å². The van der Waals surface area contributed by atoms with E-state index >= 15 is 0 Å². The normalized spacial score (nSPS) is 10.3. The molecule has 0 aliphatic rings. The average Bonchev–Trinajstić information content (AvgIpc) is 2.46. The van der Waals surface area contributed by atoms with Gasteiger partial charge in [-0.3, -0.25) is 35.3 Å². The molecule has 0 radical (unpaired) electrons. The number of hydrogen-bond donors (Lipinski definition) is 5. The van der Waals surface area contributed by atoms with Crippen molar-refractivity contribution >= 4 is 40.0 Å². The lowest BCUT2D eigenvalue weighted by Gasteiger charge is -2.11. The maximum Gasteiger partial charge on any atom is 0.314 e. The van der Waals surface area contributed by atoms with Crippen LogP contribution in [0.4, 0.5) is 5.69 Å². The molecule has 0 aliphatic heterocycles. The van der Waals surface area contributed by atoms with E-state index in [0.717, 1.165) is 6.07 Å². The summed E-state index contributed by atoms with van der Waals surface area (Å²) in [6.45, 7) is 1.33. The van der Waals surface area contributed by atoms with E-state index in [1.807, 2.05) is 0 Å². The molecular formula is C11H10N6O5S. The Labute approximate surface area is 132 Å². The van der Waals surface area contributed by atoms with Gasteiger partial charge in [-0.05, 0) is 19.1 Å². The van der Waals surface area contributed by atoms with Crippen LogP contribution in [0.25, 0.3) is 11.0 Å². The van der Waals surface area contributed by atoms with Crippen molar-refractivity contribution < 1.29 is 9.72 Å². The highest BCUT2D eigenvalue weighted by atomic mass is 32.1. The van der Waals surface area contributed by atoms with Crippen LogP contribution in [0.2, 0.25) is 0 Å². The molecule has 1 amide bonds. The minimum Gasteiger partial charge on any atom is -0.375 e. The Morgan fingerprint density at radius 1 is 1.30 bits per heavy atom. The van der Waals surface area contributed by atoms with Crippen LogP contribution in [0.1, 0.15) is 15.9 Å². The molecule has 1 aromatic carbocycles. The standard InChI is InChI=1S/C11H10N6O5S/c1-3-5(17(21)22)2-4-7(14-10(20)9(19)13-4)6(3)8(18)15-16-11(12)23/h2H,1H3,(H,13,19)(H,14,20)(H,15,18)(H3,12,16,23). The van der Waals surface area contributed by atoms with Crippen LogP contribution in [-0.4, -0.2) is 25.9 Å². The third-order valence-electron chi connectivity index (χ3n) is 2.98. The van der Waals surface area contributed by atoms with E-state index in [4.69, 9.17) is 5.73 Å². The van der Waals surface area contributed by atoms with E-state index in [1.165, 1.54) is 6.92 Å². The molecule has 23 heavy (non-hydrogen) atoms. The van der Waals surface area contributed by atoms with Crippen LogP contribution in [0.15, 0.2) is 15.7 Å². The maximum atomic E-state index is 12.2. The molecule has 0 aliphatic carbocycles. The first-order valence-electron chi connectivity index (χ1n) is 6.02. The fourth-order valence-corrected chi connectivity index (χ4v) is 2.05. The molecule has 0 unspecified atom stereocenters. The van der Waals surface area contributed by atoms with Crippen molar-refractivity contribution in [2.24, 2.45) is 5.73 Å². The van der Waals surface area contributed by atoms with Crippen LogP contribution >= 0.6 is 12.2 Å². The van der Waals surface area contributed by atoms with Crippen LogP contribution in [-0.2, 0) is 0 Å². The number of rotatable bonds is 2. The molecule has 2 rings (SSSR count). The number of aromatic amines is 2. The van der Waals surface area contributed by atoms with E-state index in [0.29, 0.717) is 0 Å². The highest BCUT2D eigenvalue weighted by Crippen LogP contribution is 2.27. The fraction of sp³-hybridized carbons (Fsp3) is 0.0909. The van der Waals surface area contributed by atoms with E-state index in [-0.39, 0.29) is 27.3 Å². The number of H-pyrrole nitrogens is 2. The first-order valence-corrected chi connectivity index (χ1v) is 6.43. The highest BCUT2D eigenvalue weighted by Gasteiger charge is 2.24. The second-order valence-electron chi connectivity index (χ2n) is 4.43. The quantitative estimate of drug-likeness (QED) is 0.198. The highest BCUT2D eigenvalue weighted by molar-refractivity contribution is 7.80. The third kappa shape index (κ3) is 3.01. The number of nitrogens with zero attached hydrogens (tertiary/aromatic N) is 1. The van der Waals surface area contributed by atoms with Gasteiger partial charge in [0.25, 0.3) is 11.6 Å². The Morgan fingerprint density at radius 2 is 1.91 bits per heavy atom. The van der Waals surface area contributed by atoms with Gasteiger partial charge in [-0.1, -0.05) is 0 Å². The minimum absolute atomic E-state index is 0.00700. The number of fused-ring (bicyclic) bond motifs is 1. The van der Waals surface area contributed by atoms with Crippen molar-refractivity contribution in [1.29, 1.82) is 0 Å². The Bertz CT molecular complexity index is 962. The first kappa shape index (κ1) is 16.1. The van der Waals surface area contributed by atoms with Gasteiger partial charge in [0.05, 0.1) is 21.5 Å². The van der Waals surface area contributed by atoms with E-state index < -0.39 is 27.6 Å². The fourth-order valence-electron chi connectivity index (χ4n) is 2.00. The number of hydrazine groups is 1. The third-order valence-corrected chi connectivity index (χ3v) is 3.08. The van der Waals surface area contributed by atoms with E-state index in [1.54, 1.807) is 0 Å². The van der Waals surface area contributed by atoms with Gasteiger partial charge < -0.3 is 15.7 Å². The molecule has 2 aromatic rings. The lowest BCUT2D eigenvalue weighted by molar-refractivity contribution is -0.385. The molecule has 1 heterocycles. The molecular weight excluding hydrogens is 328 g/mol. The summed E-state index contributed by atoms with van der Waals surface area (Å²) >= 11 is 4.54. The Morgan fingerprint density at radius 3 is 2.48 bits per heavy atom. The monoisotopic (exact) mass is 338 g/mol. The number of aromatic nitrogens is 2. The van der Waals surface area contributed by atoms with Gasteiger partial charge in [-0.15, -0.1) is 0 Å². The Hall–Kier alpha value is -3.28. The molecule has 0 atom stereocenters. The number of benzene rings is 1. The van der Waals surface area contributed by atoms with Crippen molar-refractivity contribution in [2.75, 3.05) is 0 Å². The molecule has 0 bridgehead atoms. The smallest absolute Gasteiger partial charge is 0.314 e. The van der Waals surface area contributed by atoms with Gasteiger partial charge in [0.2, 0.25) is 0 Å². The lowest BCUT2D eigenvalue weighted by Crippen LogP contribution is -2.44. The summed E-state index contributed by atoms with van der Waals surface area (Å²) in [5.41, 5.74) is 6.78. The van der Waals surface area contributed by atoms with Crippen molar-refractivity contribution in [3.05, 3.63) is 48.0 Å². The first-order chi connectivity index (χ1) is 10.7. The summed E-state index contributed by atoms with van der Waals surface area (Å²) in [7, 11) is 0. The summed E-state index contributed by atoms with van der Waals surface area (Å²) in [6.07, 6.45) is 0. The van der Waals surface area contributed by atoms with Gasteiger partial charge in [0, 0.05) is 11.6 Å². The largest absolute Gasteiger partial charge is 0.375 e. The zero-order valence-electron chi connectivity index (χ0n) is 11.6. The number of nitro benzene ring substituents is 1. The molecule has 0 fully saturated rings. The molecule has 120 valence electrons. The predicted octanol–water partition coefficient (Wildman–Crippen LogP) is -1.09. The summed E-state index contributed by atoms with van der Waals surface area (Å²) in [5.74, 6) is -0.827. The van der Waals surface area contributed by atoms with Crippen LogP contribution < -0.4 is 27.7 Å². The van der Waals surface area contributed by atoms with E-state index in [2.05, 4.69) is 33.0 Å². The summed E-state index contributed by atoms with van der Waals surface area (Å²) in [6, 6.07) is 1.06. The van der Waals surface area contributed by atoms with Crippen LogP contribution in [0, 0.1) is 17.0 Å². The number of nitrogens with one attached hydrogen (secondary N) is 4. The number of carbonyl (C=O) groups is 1. The van der Waals surface area contributed by atoms with Crippen LogP contribution in [0.3, 0.4) is 0 Å². The molecule has 0 spiro atoms. The second-order valence-corrected chi connectivity index (χ2v) is 4.87. The molecule has 1 aromatic heterocycles. The molecule has 0 saturated carbocycles. The van der Waals surface area contributed by atoms with Crippen molar-refractivity contribution in [3.8, 4) is 0 Å². The summed E-state index contributed by atoms with van der Waals surface area (Å²) in [4.78, 5) is 49.9. The summed E-state index contributed by atoms with van der Waals surface area (Å²) < 4.78 is 0. The molecule has 11 nitrogen and oxygen atoms in total. The number of carbonyl (C=O) groups excluding carboxylic acids is 1. The number of thiocarbonyl (C=S) groups is 1. The predicted molar refractivity (Wildman–Crippen MR) is 84.0 cm³/mol. The Balaban J connectivity index is 2.80. The van der Waals surface area contributed by atoms with Crippen molar-refractivity contribution in [1.82, 2.24) is 20.8 Å². The maximum absolute atomic E-state index is 12.2. The van der Waals surface area contributed by atoms with Crippen LogP contribution in [0.5, 0.6) is 0 Å². The Kier molecular flexibility index (Phi) is 4.09. The zero-order valence-corrected chi connectivity index (χ0v) is 12.4. The lowest BCUT2D eigenvalue weighted by atomic mass is 10.0. The van der Waals surface area contributed by atoms with Gasteiger partial charge >= 0.3 is 11.1 Å². The van der Waals surface area contributed by atoms with E-state index in [9.17, 15) is 24.5 Å². The number of hydrogen-bond acceptors (Lipinski definition) is 6. The topological polar surface area (TPSA) is 176 Å². The second kappa shape index (κ2) is 5.84. The number of amides is 1. The van der Waals surface area contributed by atoms with Gasteiger partial charge in [0.15, 0.2) is 5.11 Å². The number of nitro groups is 1. The molecule has 0 saturated heterocycles. The molecule has 12 heteroatoms. The SMILES string of the molecule is Cc1c([N+](=O)[O-])cc2[nH]c(=O)c(=O)[nH]c2c1C(=O)NNC(N)=S. The molecule has 6 N–H and O–H groups in total. The van der Waals surface area contributed by atoms with Crippen molar-refractivity contribution in [2.45, 2.75) is 6.92 Å². The number of nitrogens with two attached hydrogens (primary N) is 1. The van der Waals surface area contributed by atoms with Crippen molar-refractivity contribution in [3.63, 3.8) is 0 Å². The minimum atomic E-state index is -0.998. The zero-order chi connectivity index (χ0) is 17.3. The average molecular weight is 338 g/mol.